The van der Waals surface area contributed by atoms with E-state index in [0.717, 1.165) is 12.1 Å². The summed E-state index contributed by atoms with van der Waals surface area (Å²) in [4.78, 5) is 11.5. The highest BCUT2D eigenvalue weighted by molar-refractivity contribution is 5.75. The maximum Gasteiger partial charge on any atom is 0.311 e. The molecule has 1 aromatic rings. The second-order valence-electron chi connectivity index (χ2n) is 5.41. The summed E-state index contributed by atoms with van der Waals surface area (Å²) in [5.41, 5.74) is -0.884. The molecule has 0 aromatic heterocycles. The van der Waals surface area contributed by atoms with Crippen molar-refractivity contribution in [3.63, 3.8) is 0 Å². The zero-order chi connectivity index (χ0) is 14.6. The summed E-state index contributed by atoms with van der Waals surface area (Å²) in [5.74, 6) is -1.91. The van der Waals surface area contributed by atoms with Crippen LogP contribution in [0.4, 0.5) is 8.78 Å². The lowest BCUT2D eigenvalue weighted by Gasteiger charge is -2.18. The van der Waals surface area contributed by atoms with Crippen molar-refractivity contribution in [2.45, 2.75) is 33.3 Å². The second-order valence-corrected chi connectivity index (χ2v) is 5.41. The van der Waals surface area contributed by atoms with Gasteiger partial charge in [0.25, 0.3) is 0 Å². The van der Waals surface area contributed by atoms with Crippen molar-refractivity contribution in [3.05, 3.63) is 35.4 Å². The number of benzene rings is 1. The minimum absolute atomic E-state index is 0.207. The van der Waals surface area contributed by atoms with Crippen molar-refractivity contribution in [2.75, 3.05) is 6.61 Å². The lowest BCUT2D eigenvalue weighted by atomic mass is 9.97. The summed E-state index contributed by atoms with van der Waals surface area (Å²) in [6.45, 7) is 4.75. The second kappa shape index (κ2) is 6.10. The van der Waals surface area contributed by atoms with Gasteiger partial charge in [-0.05, 0) is 32.9 Å². The predicted octanol–water partition coefficient (Wildman–Crippen LogP) is 2.46. The summed E-state index contributed by atoms with van der Waals surface area (Å²) >= 11 is 0. The Labute approximate surface area is 111 Å². The third kappa shape index (κ3) is 4.59. The summed E-state index contributed by atoms with van der Waals surface area (Å²) in [7, 11) is 0. The molecule has 1 atom stereocenters. The van der Waals surface area contributed by atoms with Crippen molar-refractivity contribution in [3.8, 4) is 0 Å². The molecule has 3 nitrogen and oxygen atoms in total. The van der Waals surface area contributed by atoms with Crippen molar-refractivity contribution >= 4 is 5.97 Å². The van der Waals surface area contributed by atoms with Crippen LogP contribution in [0, 0.1) is 17.0 Å². The van der Waals surface area contributed by atoms with Crippen molar-refractivity contribution < 1.29 is 23.4 Å². The molecule has 0 heterocycles. The maximum atomic E-state index is 13.3. The normalized spacial score (nSPS) is 13.2. The van der Waals surface area contributed by atoms with Gasteiger partial charge in [-0.15, -0.1) is 0 Å². The fourth-order valence-electron chi connectivity index (χ4n) is 1.41. The minimum atomic E-state index is -1.14. The lowest BCUT2D eigenvalue weighted by Crippen LogP contribution is -2.28. The van der Waals surface area contributed by atoms with Crippen LogP contribution < -0.4 is 0 Å². The average molecular weight is 272 g/mol. The third-order valence-electron chi connectivity index (χ3n) is 2.52. The molecule has 0 aliphatic rings. The molecule has 1 aromatic carbocycles. The number of aliphatic hydroxyl groups excluding tert-OH is 1. The molecule has 19 heavy (non-hydrogen) atoms. The van der Waals surface area contributed by atoms with Gasteiger partial charge in [0, 0.05) is 12.0 Å². The van der Waals surface area contributed by atoms with E-state index in [2.05, 4.69) is 0 Å². The molecule has 0 fully saturated rings. The van der Waals surface area contributed by atoms with Crippen LogP contribution in [-0.4, -0.2) is 23.8 Å². The number of aliphatic hydroxyl groups is 1. The van der Waals surface area contributed by atoms with Gasteiger partial charge in [-0.2, -0.15) is 0 Å². The Morgan fingerprint density at radius 2 is 1.84 bits per heavy atom. The van der Waals surface area contributed by atoms with Crippen molar-refractivity contribution in [1.82, 2.24) is 0 Å². The summed E-state index contributed by atoms with van der Waals surface area (Å²) in [6, 6.07) is 3.48. The number of rotatable bonds is 4. The van der Waals surface area contributed by atoms with Crippen LogP contribution in [0.3, 0.4) is 0 Å². The Hall–Kier alpha value is -1.49. The molecular weight excluding hydrogens is 254 g/mol. The molecule has 1 rings (SSSR count). The molecule has 5 heteroatoms. The number of halogens is 2. The standard InChI is InChI=1S/C14H18F2O3/c1-14(2,3)13(18)19-8-9(17)7-10-11(15)5-4-6-12(10)16/h4-6,9,17H,7-8H2,1-3H3/t9-/m0/s1. The SMILES string of the molecule is CC(C)(C)C(=O)OC[C@@H](O)Cc1c(F)cccc1F. The molecule has 0 radical (unpaired) electrons. The minimum Gasteiger partial charge on any atom is -0.463 e. The third-order valence-corrected chi connectivity index (χ3v) is 2.52. The quantitative estimate of drug-likeness (QED) is 0.856. The summed E-state index contributed by atoms with van der Waals surface area (Å²) < 4.78 is 31.6. The number of hydrogen-bond acceptors (Lipinski definition) is 3. The number of hydrogen-bond donors (Lipinski definition) is 1. The Kier molecular flexibility index (Phi) is 5.00. The first-order chi connectivity index (χ1) is 8.71. The van der Waals surface area contributed by atoms with Gasteiger partial charge in [-0.3, -0.25) is 4.79 Å². The van der Waals surface area contributed by atoms with Gasteiger partial charge in [0.2, 0.25) is 0 Å². The van der Waals surface area contributed by atoms with Crippen LogP contribution in [-0.2, 0) is 16.0 Å². The van der Waals surface area contributed by atoms with Gasteiger partial charge in [0.1, 0.15) is 18.2 Å². The topological polar surface area (TPSA) is 46.5 Å². The number of carbonyl (C=O) groups is 1. The van der Waals surface area contributed by atoms with Gasteiger partial charge < -0.3 is 9.84 Å². The van der Waals surface area contributed by atoms with E-state index in [0.29, 0.717) is 0 Å². The molecule has 0 aliphatic carbocycles. The first-order valence-corrected chi connectivity index (χ1v) is 6.00. The van der Waals surface area contributed by atoms with Crippen LogP contribution in [0.5, 0.6) is 0 Å². The Morgan fingerprint density at radius 1 is 1.32 bits per heavy atom. The molecule has 106 valence electrons. The van der Waals surface area contributed by atoms with E-state index in [-0.39, 0.29) is 18.6 Å². The highest BCUT2D eigenvalue weighted by Gasteiger charge is 2.24. The van der Waals surface area contributed by atoms with E-state index in [1.807, 2.05) is 0 Å². The molecule has 0 unspecified atom stereocenters. The fourth-order valence-corrected chi connectivity index (χ4v) is 1.41. The zero-order valence-corrected chi connectivity index (χ0v) is 11.2. The molecule has 1 N–H and O–H groups in total. The van der Waals surface area contributed by atoms with E-state index < -0.39 is 29.1 Å². The number of ether oxygens (including phenoxy) is 1. The fraction of sp³-hybridized carbons (Fsp3) is 0.500. The lowest BCUT2D eigenvalue weighted by molar-refractivity contribution is -0.155. The van der Waals surface area contributed by atoms with Gasteiger partial charge in [-0.1, -0.05) is 6.07 Å². The van der Waals surface area contributed by atoms with Gasteiger partial charge >= 0.3 is 5.97 Å². The Bertz CT molecular complexity index is 432. The van der Waals surface area contributed by atoms with Crippen LogP contribution in [0.1, 0.15) is 26.3 Å². The number of esters is 1. The summed E-state index contributed by atoms with van der Waals surface area (Å²) in [6.07, 6.45) is -1.38. The van der Waals surface area contributed by atoms with E-state index in [4.69, 9.17) is 4.74 Å². The van der Waals surface area contributed by atoms with Crippen LogP contribution in [0.2, 0.25) is 0 Å². The summed E-state index contributed by atoms with van der Waals surface area (Å²) in [5, 5.41) is 9.66. The largest absolute Gasteiger partial charge is 0.463 e. The molecular formula is C14H18F2O3. The zero-order valence-electron chi connectivity index (χ0n) is 11.2. The average Bonchev–Trinajstić information content (AvgIpc) is 2.29. The van der Waals surface area contributed by atoms with Gasteiger partial charge in [0.15, 0.2) is 0 Å². The molecule has 0 bridgehead atoms. The van der Waals surface area contributed by atoms with Gasteiger partial charge in [0.05, 0.1) is 11.5 Å². The molecule has 0 saturated carbocycles. The predicted molar refractivity (Wildman–Crippen MR) is 66.5 cm³/mol. The highest BCUT2D eigenvalue weighted by atomic mass is 19.1. The molecule has 0 aliphatic heterocycles. The van der Waals surface area contributed by atoms with Crippen molar-refractivity contribution in [1.29, 1.82) is 0 Å². The molecule has 0 spiro atoms. The van der Waals surface area contributed by atoms with Crippen molar-refractivity contribution in [2.24, 2.45) is 5.41 Å². The van der Waals surface area contributed by atoms with Crippen LogP contribution in [0.15, 0.2) is 18.2 Å². The smallest absolute Gasteiger partial charge is 0.311 e. The first-order valence-electron chi connectivity index (χ1n) is 6.00. The number of carbonyl (C=O) groups excluding carboxylic acids is 1. The Morgan fingerprint density at radius 3 is 2.32 bits per heavy atom. The van der Waals surface area contributed by atoms with E-state index in [1.54, 1.807) is 20.8 Å². The van der Waals surface area contributed by atoms with E-state index in [9.17, 15) is 18.7 Å². The monoisotopic (exact) mass is 272 g/mol. The maximum absolute atomic E-state index is 13.3. The molecule has 0 amide bonds. The van der Waals surface area contributed by atoms with Crippen LogP contribution >= 0.6 is 0 Å². The Balaban J connectivity index is 2.57. The van der Waals surface area contributed by atoms with E-state index in [1.165, 1.54) is 6.07 Å². The van der Waals surface area contributed by atoms with E-state index >= 15 is 0 Å². The molecule has 0 saturated heterocycles. The van der Waals surface area contributed by atoms with Gasteiger partial charge in [-0.25, -0.2) is 8.78 Å². The first kappa shape index (κ1) is 15.6. The van der Waals surface area contributed by atoms with Crippen LogP contribution in [0.25, 0.3) is 0 Å². The highest BCUT2D eigenvalue weighted by Crippen LogP contribution is 2.17.